The molecule has 0 aromatic rings. The Morgan fingerprint density at radius 1 is 1.50 bits per heavy atom. The van der Waals surface area contributed by atoms with Gasteiger partial charge >= 0.3 is 5.97 Å². The lowest BCUT2D eigenvalue weighted by atomic mass is 10.1. The SMILES string of the molecule is C=C(C)C(=O)OC(C=O)C(C)C. The van der Waals surface area contributed by atoms with Crippen LogP contribution in [0.5, 0.6) is 0 Å². The largest absolute Gasteiger partial charge is 0.451 e. The van der Waals surface area contributed by atoms with Gasteiger partial charge in [-0.15, -0.1) is 0 Å². The van der Waals surface area contributed by atoms with E-state index in [4.69, 9.17) is 4.74 Å². The van der Waals surface area contributed by atoms with Gasteiger partial charge in [-0.05, 0) is 12.8 Å². The fourth-order valence-corrected chi connectivity index (χ4v) is 0.545. The zero-order valence-corrected chi connectivity index (χ0v) is 7.66. The number of carbonyl (C=O) groups excluding carboxylic acids is 2. The Labute approximate surface area is 72.4 Å². The van der Waals surface area contributed by atoms with Crippen molar-refractivity contribution >= 4 is 12.3 Å². The summed E-state index contributed by atoms with van der Waals surface area (Å²) in [5.74, 6) is -0.508. The predicted octanol–water partition coefficient (Wildman–Crippen LogP) is 1.33. The molecule has 3 nitrogen and oxygen atoms in total. The first-order chi connectivity index (χ1) is 5.49. The highest BCUT2D eigenvalue weighted by molar-refractivity contribution is 5.88. The molecule has 0 bridgehead atoms. The van der Waals surface area contributed by atoms with E-state index in [1.165, 1.54) is 0 Å². The number of rotatable bonds is 4. The monoisotopic (exact) mass is 170 g/mol. The van der Waals surface area contributed by atoms with E-state index in [9.17, 15) is 9.59 Å². The van der Waals surface area contributed by atoms with Gasteiger partial charge in [-0.25, -0.2) is 4.79 Å². The Bertz CT molecular complexity index is 194. The minimum Gasteiger partial charge on any atom is -0.451 e. The average molecular weight is 170 g/mol. The van der Waals surface area contributed by atoms with Crippen LogP contribution < -0.4 is 0 Å². The van der Waals surface area contributed by atoms with E-state index in [2.05, 4.69) is 6.58 Å². The van der Waals surface area contributed by atoms with E-state index < -0.39 is 12.1 Å². The smallest absolute Gasteiger partial charge is 0.333 e. The van der Waals surface area contributed by atoms with Gasteiger partial charge in [0.15, 0.2) is 12.4 Å². The highest BCUT2D eigenvalue weighted by Gasteiger charge is 2.17. The number of hydrogen-bond acceptors (Lipinski definition) is 3. The first-order valence-electron chi connectivity index (χ1n) is 3.80. The minimum absolute atomic E-state index is 0.00537. The maximum Gasteiger partial charge on any atom is 0.333 e. The number of esters is 1. The summed E-state index contributed by atoms with van der Waals surface area (Å²) >= 11 is 0. The summed E-state index contributed by atoms with van der Waals surface area (Å²) in [4.78, 5) is 21.3. The molecule has 0 aliphatic rings. The maximum absolute atomic E-state index is 10.9. The number of ether oxygens (including phenoxy) is 1. The number of aldehydes is 1. The van der Waals surface area contributed by atoms with Crippen molar-refractivity contribution < 1.29 is 14.3 Å². The molecule has 3 heteroatoms. The highest BCUT2D eigenvalue weighted by atomic mass is 16.5. The fraction of sp³-hybridized carbons (Fsp3) is 0.556. The second-order valence-corrected chi connectivity index (χ2v) is 3.03. The molecule has 0 heterocycles. The van der Waals surface area contributed by atoms with E-state index in [1.54, 1.807) is 6.92 Å². The molecule has 0 N–H and O–H groups in total. The molecule has 68 valence electrons. The van der Waals surface area contributed by atoms with E-state index in [0.29, 0.717) is 11.9 Å². The molecule has 0 amide bonds. The molecule has 0 radical (unpaired) electrons. The summed E-state index contributed by atoms with van der Waals surface area (Å²) in [5.41, 5.74) is 0.308. The van der Waals surface area contributed by atoms with E-state index in [0.717, 1.165) is 0 Å². The minimum atomic E-state index is -0.658. The quantitative estimate of drug-likeness (QED) is 0.363. The molecule has 0 aromatic carbocycles. The van der Waals surface area contributed by atoms with Gasteiger partial charge < -0.3 is 4.74 Å². The lowest BCUT2D eigenvalue weighted by molar-refractivity contribution is -0.149. The third-order valence-corrected chi connectivity index (χ3v) is 1.38. The van der Waals surface area contributed by atoms with E-state index in [-0.39, 0.29) is 5.92 Å². The van der Waals surface area contributed by atoms with Gasteiger partial charge in [0, 0.05) is 5.57 Å². The van der Waals surface area contributed by atoms with Crippen LogP contribution in [0.3, 0.4) is 0 Å². The Morgan fingerprint density at radius 3 is 2.25 bits per heavy atom. The van der Waals surface area contributed by atoms with Crippen LogP contribution in [0.4, 0.5) is 0 Å². The summed E-state index contributed by atoms with van der Waals surface area (Å²) in [6.07, 6.45) is -0.0277. The molecule has 0 rings (SSSR count). The molecular weight excluding hydrogens is 156 g/mol. The first kappa shape index (κ1) is 10.9. The molecule has 0 spiro atoms. The Kier molecular flexibility index (Phi) is 4.26. The van der Waals surface area contributed by atoms with Crippen molar-refractivity contribution in [2.75, 3.05) is 0 Å². The van der Waals surface area contributed by atoms with Gasteiger partial charge in [0.25, 0.3) is 0 Å². The molecule has 1 atom stereocenters. The summed E-state index contributed by atoms with van der Waals surface area (Å²) in [6.45, 7) is 8.58. The highest BCUT2D eigenvalue weighted by Crippen LogP contribution is 2.06. The van der Waals surface area contributed by atoms with Crippen molar-refractivity contribution in [1.29, 1.82) is 0 Å². The maximum atomic E-state index is 10.9. The van der Waals surface area contributed by atoms with Crippen molar-refractivity contribution in [3.63, 3.8) is 0 Å². The Morgan fingerprint density at radius 2 is 2.00 bits per heavy atom. The van der Waals surface area contributed by atoms with Crippen LogP contribution in [0.25, 0.3) is 0 Å². The van der Waals surface area contributed by atoms with Gasteiger partial charge in [0.1, 0.15) is 0 Å². The lowest BCUT2D eigenvalue weighted by Crippen LogP contribution is -2.25. The van der Waals surface area contributed by atoms with Crippen LogP contribution in [-0.4, -0.2) is 18.4 Å². The van der Waals surface area contributed by atoms with Gasteiger partial charge in [-0.3, -0.25) is 4.79 Å². The van der Waals surface area contributed by atoms with Crippen molar-refractivity contribution in [3.8, 4) is 0 Å². The van der Waals surface area contributed by atoms with Gasteiger partial charge in [-0.1, -0.05) is 20.4 Å². The first-order valence-corrected chi connectivity index (χ1v) is 3.80. The van der Waals surface area contributed by atoms with E-state index in [1.807, 2.05) is 13.8 Å². The van der Waals surface area contributed by atoms with Crippen molar-refractivity contribution in [3.05, 3.63) is 12.2 Å². The second kappa shape index (κ2) is 4.70. The number of hydrogen-bond donors (Lipinski definition) is 0. The number of carbonyl (C=O) groups is 2. The zero-order chi connectivity index (χ0) is 9.72. The van der Waals surface area contributed by atoms with Crippen LogP contribution in [0.2, 0.25) is 0 Å². The van der Waals surface area contributed by atoms with Crippen LogP contribution >= 0.6 is 0 Å². The summed E-state index contributed by atoms with van der Waals surface area (Å²) < 4.78 is 4.82. The second-order valence-electron chi connectivity index (χ2n) is 3.03. The predicted molar refractivity (Wildman–Crippen MR) is 45.6 cm³/mol. The molecular formula is C9H14O3. The van der Waals surface area contributed by atoms with Crippen LogP contribution in [0, 0.1) is 5.92 Å². The topological polar surface area (TPSA) is 43.4 Å². The summed E-state index contributed by atoms with van der Waals surface area (Å²) in [7, 11) is 0. The van der Waals surface area contributed by atoms with Gasteiger partial charge in [-0.2, -0.15) is 0 Å². The van der Waals surface area contributed by atoms with Crippen LogP contribution in [0.15, 0.2) is 12.2 Å². The average Bonchev–Trinajstić information content (AvgIpc) is 1.98. The summed E-state index contributed by atoms with van der Waals surface area (Å²) in [6, 6.07) is 0. The molecule has 12 heavy (non-hydrogen) atoms. The molecule has 0 aliphatic heterocycles. The van der Waals surface area contributed by atoms with Crippen molar-refractivity contribution in [1.82, 2.24) is 0 Å². The molecule has 0 aromatic heterocycles. The van der Waals surface area contributed by atoms with Crippen LogP contribution in [0.1, 0.15) is 20.8 Å². The molecule has 0 aliphatic carbocycles. The third-order valence-electron chi connectivity index (χ3n) is 1.38. The van der Waals surface area contributed by atoms with E-state index >= 15 is 0 Å². The fourth-order valence-electron chi connectivity index (χ4n) is 0.545. The Balaban J connectivity index is 4.12. The normalized spacial score (nSPS) is 12.3. The third kappa shape index (κ3) is 3.32. The van der Waals surface area contributed by atoms with Gasteiger partial charge in [0.05, 0.1) is 0 Å². The molecule has 1 unspecified atom stereocenters. The van der Waals surface area contributed by atoms with Crippen molar-refractivity contribution in [2.45, 2.75) is 26.9 Å². The molecule has 0 saturated heterocycles. The lowest BCUT2D eigenvalue weighted by Gasteiger charge is -2.14. The van der Waals surface area contributed by atoms with Crippen LogP contribution in [-0.2, 0) is 14.3 Å². The van der Waals surface area contributed by atoms with Gasteiger partial charge in [0.2, 0.25) is 0 Å². The zero-order valence-electron chi connectivity index (χ0n) is 7.66. The molecule has 0 saturated carbocycles. The standard InChI is InChI=1S/C9H14O3/c1-6(2)8(5-10)12-9(11)7(3)4/h5-6,8H,3H2,1-2,4H3. The molecule has 0 fully saturated rings. The Hall–Kier alpha value is -1.12. The van der Waals surface area contributed by atoms with Crippen molar-refractivity contribution in [2.24, 2.45) is 5.92 Å². The summed E-state index contributed by atoms with van der Waals surface area (Å²) in [5, 5.41) is 0.